The number of nitriles is 1. The summed E-state index contributed by atoms with van der Waals surface area (Å²) in [6, 6.07) is 5.48. The van der Waals surface area contributed by atoms with E-state index in [4.69, 9.17) is 19.2 Å². The molecule has 1 aliphatic carbocycles. The van der Waals surface area contributed by atoms with E-state index in [0.29, 0.717) is 24.2 Å². The van der Waals surface area contributed by atoms with Crippen LogP contribution in [-0.2, 0) is 14.3 Å². The van der Waals surface area contributed by atoms with Gasteiger partial charge in [-0.3, -0.25) is 0 Å². The van der Waals surface area contributed by atoms with Crippen molar-refractivity contribution in [3.05, 3.63) is 29.2 Å². The maximum absolute atomic E-state index is 11.6. The first kappa shape index (κ1) is 14.4. The molecule has 0 N–H and O–H groups in total. The fourth-order valence-electron chi connectivity index (χ4n) is 1.94. The van der Waals surface area contributed by atoms with Crippen LogP contribution in [0.3, 0.4) is 0 Å². The molecular weight excluding hydrogens is 258 g/mol. The zero-order valence-electron chi connectivity index (χ0n) is 11.6. The van der Waals surface area contributed by atoms with E-state index >= 15 is 0 Å². The monoisotopic (exact) mass is 275 g/mol. The molecular formula is C15H17NO4. The lowest BCUT2D eigenvalue weighted by molar-refractivity contribution is -0.139. The van der Waals surface area contributed by atoms with Crippen molar-refractivity contribution < 1.29 is 18.7 Å². The summed E-state index contributed by atoms with van der Waals surface area (Å²) in [4.78, 5) is 11.6. The van der Waals surface area contributed by atoms with Gasteiger partial charge in [-0.05, 0) is 24.5 Å². The van der Waals surface area contributed by atoms with Gasteiger partial charge in [-0.1, -0.05) is 6.92 Å². The van der Waals surface area contributed by atoms with Crippen molar-refractivity contribution >= 4 is 12.0 Å². The van der Waals surface area contributed by atoms with Gasteiger partial charge in [0.05, 0.1) is 6.61 Å². The van der Waals surface area contributed by atoms with Gasteiger partial charge >= 0.3 is 5.97 Å². The molecule has 0 unspecified atom stereocenters. The van der Waals surface area contributed by atoms with E-state index in [9.17, 15) is 4.79 Å². The SMILES string of the molecule is COCCOC(=O)/C(C#N)=C/c1ccc([C@@H]2C[C@@H]2C)o1. The predicted octanol–water partition coefficient (Wildman–Crippen LogP) is 2.50. The van der Waals surface area contributed by atoms with Gasteiger partial charge in [-0.2, -0.15) is 5.26 Å². The summed E-state index contributed by atoms with van der Waals surface area (Å²) in [5.74, 6) is 1.86. The molecule has 2 atom stereocenters. The van der Waals surface area contributed by atoms with Crippen molar-refractivity contribution in [2.75, 3.05) is 20.3 Å². The van der Waals surface area contributed by atoms with E-state index in [0.717, 1.165) is 12.2 Å². The summed E-state index contributed by atoms with van der Waals surface area (Å²) in [6.45, 7) is 2.59. The molecule has 5 heteroatoms. The Morgan fingerprint density at radius 2 is 2.30 bits per heavy atom. The van der Waals surface area contributed by atoms with E-state index in [1.165, 1.54) is 13.2 Å². The molecule has 5 nitrogen and oxygen atoms in total. The van der Waals surface area contributed by atoms with Crippen LogP contribution in [0.5, 0.6) is 0 Å². The number of ether oxygens (including phenoxy) is 2. The predicted molar refractivity (Wildman–Crippen MR) is 71.7 cm³/mol. The molecule has 0 aromatic carbocycles. The smallest absolute Gasteiger partial charge is 0.349 e. The quantitative estimate of drug-likeness (QED) is 0.345. The highest BCUT2D eigenvalue weighted by atomic mass is 16.6. The topological polar surface area (TPSA) is 72.5 Å². The molecule has 1 aliphatic rings. The van der Waals surface area contributed by atoms with Crippen LogP contribution in [0.4, 0.5) is 0 Å². The Balaban J connectivity index is 2.01. The maximum Gasteiger partial charge on any atom is 0.349 e. The van der Waals surface area contributed by atoms with E-state index in [1.807, 2.05) is 12.1 Å². The molecule has 1 saturated carbocycles. The molecule has 0 amide bonds. The van der Waals surface area contributed by atoms with Gasteiger partial charge in [-0.15, -0.1) is 0 Å². The molecule has 2 rings (SSSR count). The van der Waals surface area contributed by atoms with Crippen LogP contribution in [0.25, 0.3) is 6.08 Å². The van der Waals surface area contributed by atoms with Gasteiger partial charge in [-0.25, -0.2) is 4.79 Å². The lowest BCUT2D eigenvalue weighted by Gasteiger charge is -2.01. The molecule has 1 fully saturated rings. The van der Waals surface area contributed by atoms with Crippen LogP contribution in [-0.4, -0.2) is 26.3 Å². The van der Waals surface area contributed by atoms with Crippen LogP contribution in [0.15, 0.2) is 22.1 Å². The minimum Gasteiger partial charge on any atom is -0.461 e. The Labute approximate surface area is 117 Å². The fourth-order valence-corrected chi connectivity index (χ4v) is 1.94. The zero-order valence-corrected chi connectivity index (χ0v) is 11.6. The second kappa shape index (κ2) is 6.40. The number of hydrogen-bond donors (Lipinski definition) is 0. The van der Waals surface area contributed by atoms with Crippen molar-refractivity contribution in [1.29, 1.82) is 5.26 Å². The van der Waals surface area contributed by atoms with Gasteiger partial charge in [0, 0.05) is 19.1 Å². The van der Waals surface area contributed by atoms with Crippen LogP contribution in [0, 0.1) is 17.2 Å². The first-order chi connectivity index (χ1) is 9.65. The molecule has 0 saturated heterocycles. The molecule has 0 bridgehead atoms. The van der Waals surface area contributed by atoms with Crippen molar-refractivity contribution in [2.45, 2.75) is 19.3 Å². The second-order valence-corrected chi connectivity index (χ2v) is 4.86. The van der Waals surface area contributed by atoms with Gasteiger partial charge in [0.2, 0.25) is 0 Å². The number of nitrogens with zero attached hydrogens (tertiary/aromatic N) is 1. The summed E-state index contributed by atoms with van der Waals surface area (Å²) in [5, 5.41) is 8.99. The van der Waals surface area contributed by atoms with Gasteiger partial charge in [0.25, 0.3) is 0 Å². The Bertz CT molecular complexity index is 552. The van der Waals surface area contributed by atoms with E-state index in [2.05, 4.69) is 6.92 Å². The molecule has 1 aromatic heterocycles. The van der Waals surface area contributed by atoms with Crippen molar-refractivity contribution in [2.24, 2.45) is 5.92 Å². The molecule has 0 spiro atoms. The first-order valence-corrected chi connectivity index (χ1v) is 6.53. The van der Waals surface area contributed by atoms with Crippen molar-refractivity contribution in [3.63, 3.8) is 0 Å². The molecule has 1 heterocycles. The van der Waals surface area contributed by atoms with E-state index in [-0.39, 0.29) is 12.2 Å². The molecule has 106 valence electrons. The highest BCUT2D eigenvalue weighted by Gasteiger charge is 2.36. The minimum absolute atomic E-state index is 0.0779. The third-order valence-electron chi connectivity index (χ3n) is 3.27. The van der Waals surface area contributed by atoms with Crippen LogP contribution in [0.1, 0.15) is 30.8 Å². The zero-order chi connectivity index (χ0) is 14.5. The van der Waals surface area contributed by atoms with E-state index < -0.39 is 5.97 Å². The van der Waals surface area contributed by atoms with Gasteiger partial charge in [0.15, 0.2) is 0 Å². The Hall–Kier alpha value is -2.06. The highest BCUT2D eigenvalue weighted by Crippen LogP contribution is 2.47. The number of hydrogen-bond acceptors (Lipinski definition) is 5. The Morgan fingerprint density at radius 3 is 2.90 bits per heavy atom. The number of carbonyl (C=O) groups excluding carboxylic acids is 1. The normalized spacial score (nSPS) is 21.4. The highest BCUT2D eigenvalue weighted by molar-refractivity contribution is 5.97. The summed E-state index contributed by atoms with van der Waals surface area (Å²) in [6.07, 6.45) is 2.53. The van der Waals surface area contributed by atoms with E-state index in [1.54, 1.807) is 6.07 Å². The van der Waals surface area contributed by atoms with Crippen LogP contribution in [0.2, 0.25) is 0 Å². The minimum atomic E-state index is -0.665. The summed E-state index contributed by atoms with van der Waals surface area (Å²) >= 11 is 0. The van der Waals surface area contributed by atoms with Gasteiger partial charge in [0.1, 0.15) is 29.8 Å². The average Bonchev–Trinajstić information content (AvgIpc) is 2.99. The Morgan fingerprint density at radius 1 is 1.55 bits per heavy atom. The summed E-state index contributed by atoms with van der Waals surface area (Å²) in [7, 11) is 1.51. The first-order valence-electron chi connectivity index (χ1n) is 6.53. The van der Waals surface area contributed by atoms with Crippen LogP contribution < -0.4 is 0 Å². The molecule has 0 aliphatic heterocycles. The lowest BCUT2D eigenvalue weighted by atomic mass is 10.2. The number of esters is 1. The average molecular weight is 275 g/mol. The van der Waals surface area contributed by atoms with Gasteiger partial charge < -0.3 is 13.9 Å². The third kappa shape index (κ3) is 3.49. The van der Waals surface area contributed by atoms with Crippen LogP contribution >= 0.6 is 0 Å². The summed E-state index contributed by atoms with van der Waals surface area (Å²) < 4.78 is 15.3. The largest absolute Gasteiger partial charge is 0.461 e. The standard InChI is InChI=1S/C15H17NO4/c1-10-7-13(10)14-4-3-12(20-14)8-11(9-16)15(17)19-6-5-18-2/h3-4,8,10,13H,5-7H2,1-2H3/b11-8+/t10-,13+/m0/s1. The second-order valence-electron chi connectivity index (χ2n) is 4.86. The van der Waals surface area contributed by atoms with Crippen molar-refractivity contribution in [1.82, 2.24) is 0 Å². The lowest BCUT2D eigenvalue weighted by Crippen LogP contribution is -2.11. The third-order valence-corrected chi connectivity index (χ3v) is 3.27. The number of methoxy groups -OCH3 is 1. The number of rotatable bonds is 6. The molecule has 0 radical (unpaired) electrons. The maximum atomic E-state index is 11.6. The molecule has 20 heavy (non-hydrogen) atoms. The number of carbonyl (C=O) groups is 1. The fraction of sp³-hybridized carbons (Fsp3) is 0.467. The summed E-state index contributed by atoms with van der Waals surface area (Å²) in [5.41, 5.74) is -0.0779. The van der Waals surface area contributed by atoms with Crippen molar-refractivity contribution in [3.8, 4) is 6.07 Å². The number of furan rings is 1. The Kier molecular flexibility index (Phi) is 4.59. The molecule has 1 aromatic rings.